The second kappa shape index (κ2) is 4.50. The minimum Gasteiger partial charge on any atom is -0.326 e. The number of ketones is 1. The van der Waals surface area contributed by atoms with Crippen molar-refractivity contribution in [3.05, 3.63) is 18.0 Å². The van der Waals surface area contributed by atoms with Crippen molar-refractivity contribution >= 4 is 11.7 Å². The fourth-order valence-electron chi connectivity index (χ4n) is 2.47. The van der Waals surface area contributed by atoms with Gasteiger partial charge in [0.1, 0.15) is 0 Å². The van der Waals surface area contributed by atoms with Gasteiger partial charge in [-0.2, -0.15) is 10.4 Å². The normalized spacial score (nSPS) is 23.8. The fourth-order valence-corrected chi connectivity index (χ4v) is 2.47. The third-order valence-corrected chi connectivity index (χ3v) is 3.25. The minimum atomic E-state index is -1.17. The van der Waals surface area contributed by atoms with E-state index < -0.39 is 23.3 Å². The fraction of sp³-hybridized carbons (Fsp3) is 0.538. The number of amides is 1. The summed E-state index contributed by atoms with van der Waals surface area (Å²) in [6.07, 6.45) is 3.29. The van der Waals surface area contributed by atoms with Crippen molar-refractivity contribution in [2.45, 2.75) is 33.4 Å². The maximum absolute atomic E-state index is 12.2. The van der Waals surface area contributed by atoms with Crippen LogP contribution < -0.4 is 0 Å². The Morgan fingerprint density at radius 2 is 2.16 bits per heavy atom. The third kappa shape index (κ3) is 2.24. The Labute approximate surface area is 111 Å². The molecule has 1 saturated heterocycles. The first-order valence-electron chi connectivity index (χ1n) is 6.07. The van der Waals surface area contributed by atoms with Crippen LogP contribution in [-0.4, -0.2) is 32.8 Å². The van der Waals surface area contributed by atoms with Gasteiger partial charge in [0.25, 0.3) is 0 Å². The first kappa shape index (κ1) is 13.3. The van der Waals surface area contributed by atoms with Gasteiger partial charge < -0.3 is 4.90 Å². The molecule has 0 saturated carbocycles. The Bertz CT molecular complexity index is 536. The number of rotatable bonds is 2. The molecule has 1 aromatic rings. The zero-order chi connectivity index (χ0) is 14.2. The van der Waals surface area contributed by atoms with Crippen molar-refractivity contribution in [1.29, 1.82) is 5.26 Å². The van der Waals surface area contributed by atoms with E-state index in [-0.39, 0.29) is 5.78 Å². The molecular weight excluding hydrogens is 244 g/mol. The van der Waals surface area contributed by atoms with E-state index in [1.807, 2.05) is 26.8 Å². The van der Waals surface area contributed by atoms with Crippen molar-refractivity contribution < 1.29 is 9.59 Å². The van der Waals surface area contributed by atoms with E-state index in [2.05, 4.69) is 10.2 Å². The molecule has 1 aromatic heterocycles. The number of likely N-dealkylation sites (tertiary alicyclic amines) is 1. The number of aromatic amines is 1. The monoisotopic (exact) mass is 260 g/mol. The standard InChI is InChI=1S/C13H16N4O2/c1-13(2,3)11-10(18)9(4-14)12(19)17(11)7-8-5-15-16-6-8/h5-6,9,11H,7H2,1-3H3,(H,15,16)/t9?,11-/m1/s1. The van der Waals surface area contributed by atoms with E-state index in [4.69, 9.17) is 5.26 Å². The summed E-state index contributed by atoms with van der Waals surface area (Å²) >= 11 is 0. The number of carbonyl (C=O) groups excluding carboxylic acids is 2. The van der Waals surface area contributed by atoms with Gasteiger partial charge in [-0.15, -0.1) is 0 Å². The van der Waals surface area contributed by atoms with Gasteiger partial charge in [-0.05, 0) is 5.41 Å². The molecule has 0 spiro atoms. The summed E-state index contributed by atoms with van der Waals surface area (Å²) in [6.45, 7) is 5.97. The predicted octanol–water partition coefficient (Wildman–Crippen LogP) is 0.875. The lowest BCUT2D eigenvalue weighted by molar-refractivity contribution is -0.132. The molecule has 0 aliphatic carbocycles. The number of hydrogen-bond acceptors (Lipinski definition) is 4. The third-order valence-electron chi connectivity index (χ3n) is 3.25. The molecule has 0 radical (unpaired) electrons. The molecule has 1 aliphatic rings. The topological polar surface area (TPSA) is 89.8 Å². The Balaban J connectivity index is 2.35. The van der Waals surface area contributed by atoms with Crippen LogP contribution in [0.2, 0.25) is 0 Å². The Morgan fingerprint density at radius 3 is 2.63 bits per heavy atom. The number of aromatic nitrogens is 2. The van der Waals surface area contributed by atoms with E-state index in [0.717, 1.165) is 5.56 Å². The van der Waals surface area contributed by atoms with Crippen molar-refractivity contribution in [2.24, 2.45) is 11.3 Å². The lowest BCUT2D eigenvalue weighted by atomic mass is 9.83. The number of H-pyrrole nitrogens is 1. The predicted molar refractivity (Wildman–Crippen MR) is 66.5 cm³/mol. The van der Waals surface area contributed by atoms with Crippen molar-refractivity contribution in [2.75, 3.05) is 0 Å². The zero-order valence-electron chi connectivity index (χ0n) is 11.2. The first-order chi connectivity index (χ1) is 8.86. The summed E-state index contributed by atoms with van der Waals surface area (Å²) < 4.78 is 0. The molecular formula is C13H16N4O2. The van der Waals surface area contributed by atoms with Gasteiger partial charge in [-0.3, -0.25) is 14.7 Å². The lowest BCUT2D eigenvalue weighted by Gasteiger charge is -2.33. The average Bonchev–Trinajstić information content (AvgIpc) is 2.87. The maximum atomic E-state index is 12.2. The summed E-state index contributed by atoms with van der Waals surface area (Å²) in [4.78, 5) is 25.9. The minimum absolute atomic E-state index is 0.293. The van der Waals surface area contributed by atoms with Crippen molar-refractivity contribution in [1.82, 2.24) is 15.1 Å². The first-order valence-corrected chi connectivity index (χ1v) is 6.07. The zero-order valence-corrected chi connectivity index (χ0v) is 11.2. The molecule has 19 heavy (non-hydrogen) atoms. The average molecular weight is 260 g/mol. The van der Waals surface area contributed by atoms with E-state index in [1.54, 1.807) is 12.4 Å². The Hall–Kier alpha value is -2.16. The highest BCUT2D eigenvalue weighted by atomic mass is 16.2. The number of carbonyl (C=O) groups is 2. The van der Waals surface area contributed by atoms with Crippen LogP contribution in [0.3, 0.4) is 0 Å². The molecule has 1 fully saturated rings. The number of hydrogen-bond donors (Lipinski definition) is 1. The molecule has 6 nitrogen and oxygen atoms in total. The van der Waals surface area contributed by atoms with Gasteiger partial charge in [-0.1, -0.05) is 20.8 Å². The number of nitrogens with zero attached hydrogens (tertiary/aromatic N) is 3. The molecule has 2 rings (SSSR count). The van der Waals surface area contributed by atoms with Crippen LogP contribution in [0.1, 0.15) is 26.3 Å². The molecule has 2 atom stereocenters. The van der Waals surface area contributed by atoms with Crippen LogP contribution in [0.4, 0.5) is 0 Å². The van der Waals surface area contributed by atoms with Crippen LogP contribution in [0.5, 0.6) is 0 Å². The molecule has 0 aromatic carbocycles. The SMILES string of the molecule is CC(C)(C)[C@H]1C(=O)C(C#N)C(=O)N1Cc1cn[nH]c1. The van der Waals surface area contributed by atoms with Crippen molar-refractivity contribution in [3.8, 4) is 6.07 Å². The largest absolute Gasteiger partial charge is 0.326 e. The van der Waals surface area contributed by atoms with E-state index in [9.17, 15) is 9.59 Å². The second-order valence-corrected chi connectivity index (χ2v) is 5.81. The van der Waals surface area contributed by atoms with Crippen LogP contribution >= 0.6 is 0 Å². The van der Waals surface area contributed by atoms with E-state index in [1.165, 1.54) is 4.90 Å². The summed E-state index contributed by atoms with van der Waals surface area (Å²) in [5.41, 5.74) is 0.413. The van der Waals surface area contributed by atoms with E-state index >= 15 is 0 Å². The highest BCUT2D eigenvalue weighted by Gasteiger charge is 2.51. The summed E-state index contributed by atoms with van der Waals surface area (Å²) in [6, 6.07) is 1.24. The van der Waals surface area contributed by atoms with Crippen LogP contribution in [0.25, 0.3) is 0 Å². The lowest BCUT2D eigenvalue weighted by Crippen LogP contribution is -2.44. The number of nitriles is 1. The van der Waals surface area contributed by atoms with Crippen LogP contribution in [0, 0.1) is 22.7 Å². The smallest absolute Gasteiger partial charge is 0.248 e. The molecule has 0 bridgehead atoms. The van der Waals surface area contributed by atoms with Gasteiger partial charge in [0.05, 0.1) is 18.3 Å². The highest BCUT2D eigenvalue weighted by molar-refractivity contribution is 6.12. The summed E-state index contributed by atoms with van der Waals surface area (Å²) in [5.74, 6) is -1.88. The highest BCUT2D eigenvalue weighted by Crippen LogP contribution is 2.34. The van der Waals surface area contributed by atoms with Gasteiger partial charge in [-0.25, -0.2) is 0 Å². The molecule has 2 heterocycles. The molecule has 1 aliphatic heterocycles. The summed E-state index contributed by atoms with van der Waals surface area (Å²) in [7, 11) is 0. The quantitative estimate of drug-likeness (QED) is 0.799. The number of nitrogens with one attached hydrogen (secondary N) is 1. The van der Waals surface area contributed by atoms with Gasteiger partial charge in [0.2, 0.25) is 5.91 Å². The van der Waals surface area contributed by atoms with Crippen LogP contribution in [0.15, 0.2) is 12.4 Å². The molecule has 100 valence electrons. The Kier molecular flexibility index (Phi) is 3.14. The molecule has 6 heteroatoms. The number of Topliss-reactive ketones (excluding diaryl/α,β-unsaturated/α-hetero) is 1. The summed E-state index contributed by atoms with van der Waals surface area (Å²) in [5, 5.41) is 15.5. The maximum Gasteiger partial charge on any atom is 0.248 e. The van der Waals surface area contributed by atoms with Gasteiger partial charge in [0, 0.05) is 18.3 Å². The van der Waals surface area contributed by atoms with Gasteiger partial charge >= 0.3 is 0 Å². The molecule has 1 amide bonds. The molecule has 1 unspecified atom stereocenters. The second-order valence-electron chi connectivity index (χ2n) is 5.81. The molecule has 1 N–H and O–H groups in total. The van der Waals surface area contributed by atoms with Crippen molar-refractivity contribution in [3.63, 3.8) is 0 Å². The van der Waals surface area contributed by atoms with Gasteiger partial charge in [0.15, 0.2) is 11.7 Å². The van der Waals surface area contributed by atoms with E-state index in [0.29, 0.717) is 6.54 Å². The van der Waals surface area contributed by atoms with Crippen LogP contribution in [-0.2, 0) is 16.1 Å². The Morgan fingerprint density at radius 1 is 1.47 bits per heavy atom.